The van der Waals surface area contributed by atoms with Crippen LogP contribution in [0.15, 0.2) is 41.3 Å². The fourth-order valence-corrected chi connectivity index (χ4v) is 5.09. The predicted octanol–water partition coefficient (Wildman–Crippen LogP) is -0.103. The topological polar surface area (TPSA) is 147 Å². The van der Waals surface area contributed by atoms with Crippen LogP contribution >= 0.6 is 0 Å². The van der Waals surface area contributed by atoms with Crippen LogP contribution in [0, 0.1) is 12.8 Å². The summed E-state index contributed by atoms with van der Waals surface area (Å²) in [5.74, 6) is -0.689. The molecule has 3 amide bonds. The second kappa shape index (κ2) is 11.1. The summed E-state index contributed by atoms with van der Waals surface area (Å²) in [7, 11) is 1.47. The van der Waals surface area contributed by atoms with Gasteiger partial charge in [-0.15, -0.1) is 5.10 Å². The molecule has 2 aliphatic heterocycles. The normalized spacial score (nSPS) is 20.1. The lowest BCUT2D eigenvalue weighted by atomic mass is 9.88. The molecule has 13 heteroatoms. The van der Waals surface area contributed by atoms with Crippen LogP contribution in [0.1, 0.15) is 34.2 Å². The maximum atomic E-state index is 13.3. The second-order valence-electron chi connectivity index (χ2n) is 9.93. The molecule has 0 unspecified atom stereocenters. The minimum absolute atomic E-state index is 0.0431. The number of likely N-dealkylation sites (tertiary alicyclic amines) is 1. The average Bonchev–Trinajstić information content (AvgIpc) is 3.63. The van der Waals surface area contributed by atoms with E-state index in [0.29, 0.717) is 38.3 Å². The quantitative estimate of drug-likeness (QED) is 0.475. The van der Waals surface area contributed by atoms with Crippen molar-refractivity contribution in [1.29, 1.82) is 0 Å². The standard InChI is InChI=1S/C26H32N8O5/c1-17-7-10-34(29-17)16-22(35)33-14-20-18-5-3-6-19(13-18)39-12-11-32(9-4-8-27-24(36)21(20)15-33)25(37)23-28-26(38)31(2)30-23/h3,5-7,10,13,20-21H,4,8-9,11-12,14-16H2,1-2H3,(H,27,36)(H,28,30,38)/t20-,21+/m1/s1. The van der Waals surface area contributed by atoms with Gasteiger partial charge in [-0.2, -0.15) is 5.10 Å². The monoisotopic (exact) mass is 536 g/mol. The Morgan fingerprint density at radius 1 is 1.08 bits per heavy atom. The number of carbonyl (C=O) groups excluding carboxylic acids is 3. The van der Waals surface area contributed by atoms with E-state index in [0.717, 1.165) is 15.9 Å². The van der Waals surface area contributed by atoms with Gasteiger partial charge in [0.15, 0.2) is 0 Å². The van der Waals surface area contributed by atoms with Crippen molar-refractivity contribution >= 4 is 17.7 Å². The molecular weight excluding hydrogens is 504 g/mol. The van der Waals surface area contributed by atoms with Crippen molar-refractivity contribution in [1.82, 2.24) is 39.7 Å². The van der Waals surface area contributed by atoms with Crippen LogP contribution in [0.4, 0.5) is 0 Å². The molecule has 0 aliphatic carbocycles. The lowest BCUT2D eigenvalue weighted by molar-refractivity contribution is -0.131. The molecule has 5 rings (SSSR count). The van der Waals surface area contributed by atoms with Gasteiger partial charge in [-0.1, -0.05) is 12.1 Å². The fourth-order valence-electron chi connectivity index (χ4n) is 5.09. The zero-order chi connectivity index (χ0) is 27.5. The molecule has 0 radical (unpaired) electrons. The zero-order valence-electron chi connectivity index (χ0n) is 22.0. The van der Waals surface area contributed by atoms with Crippen LogP contribution in [-0.4, -0.2) is 91.4 Å². The smallest absolute Gasteiger partial charge is 0.343 e. The fraction of sp³-hybridized carbons (Fsp3) is 0.462. The van der Waals surface area contributed by atoms with Gasteiger partial charge in [-0.25, -0.2) is 9.48 Å². The van der Waals surface area contributed by atoms with Crippen LogP contribution in [-0.2, 0) is 23.2 Å². The summed E-state index contributed by atoms with van der Waals surface area (Å²) in [4.78, 5) is 57.0. The first-order valence-corrected chi connectivity index (χ1v) is 13.0. The molecule has 2 N–H and O–H groups in total. The Balaban J connectivity index is 1.33. The summed E-state index contributed by atoms with van der Waals surface area (Å²) >= 11 is 0. The molecule has 3 aromatic rings. The van der Waals surface area contributed by atoms with Gasteiger partial charge in [0.25, 0.3) is 5.91 Å². The molecule has 2 bridgehead atoms. The first-order valence-electron chi connectivity index (χ1n) is 13.0. The molecule has 1 fully saturated rings. The van der Waals surface area contributed by atoms with Gasteiger partial charge >= 0.3 is 5.69 Å². The van der Waals surface area contributed by atoms with E-state index in [4.69, 9.17) is 4.74 Å². The van der Waals surface area contributed by atoms with Crippen molar-refractivity contribution < 1.29 is 19.1 Å². The number of ether oxygens (including phenoxy) is 1. The van der Waals surface area contributed by atoms with Crippen molar-refractivity contribution in [2.45, 2.75) is 25.8 Å². The molecule has 1 aromatic carbocycles. The first kappa shape index (κ1) is 26.2. The molecule has 0 spiro atoms. The molecule has 206 valence electrons. The van der Waals surface area contributed by atoms with Gasteiger partial charge in [0.2, 0.25) is 17.6 Å². The van der Waals surface area contributed by atoms with E-state index < -0.39 is 17.5 Å². The van der Waals surface area contributed by atoms with Crippen LogP contribution in [0.25, 0.3) is 0 Å². The molecule has 2 atom stereocenters. The number of carbonyl (C=O) groups is 3. The zero-order valence-corrected chi connectivity index (χ0v) is 22.0. The predicted molar refractivity (Wildman–Crippen MR) is 139 cm³/mol. The van der Waals surface area contributed by atoms with E-state index >= 15 is 0 Å². The number of amides is 3. The number of aromatic amines is 1. The molecule has 2 aliphatic rings. The van der Waals surface area contributed by atoms with Crippen molar-refractivity contribution in [2.75, 3.05) is 39.3 Å². The molecule has 39 heavy (non-hydrogen) atoms. The Hall–Kier alpha value is -4.42. The van der Waals surface area contributed by atoms with Gasteiger partial charge < -0.3 is 19.9 Å². The number of hydrogen-bond donors (Lipinski definition) is 2. The molecule has 4 heterocycles. The molecule has 2 aromatic heterocycles. The molecule has 0 saturated carbocycles. The Bertz CT molecular complexity index is 1430. The minimum Gasteiger partial charge on any atom is -0.492 e. The highest BCUT2D eigenvalue weighted by Crippen LogP contribution is 2.34. The number of hydrogen-bond acceptors (Lipinski definition) is 7. The van der Waals surface area contributed by atoms with E-state index in [1.165, 1.54) is 7.05 Å². The highest BCUT2D eigenvalue weighted by atomic mass is 16.5. The largest absolute Gasteiger partial charge is 0.492 e. The van der Waals surface area contributed by atoms with Gasteiger partial charge in [-0.05, 0) is 37.1 Å². The van der Waals surface area contributed by atoms with Crippen LogP contribution in [0.3, 0.4) is 0 Å². The number of H-pyrrole nitrogens is 1. The number of rotatable bonds is 3. The summed E-state index contributed by atoms with van der Waals surface area (Å²) < 4.78 is 8.66. The van der Waals surface area contributed by atoms with E-state index in [1.807, 2.05) is 37.3 Å². The van der Waals surface area contributed by atoms with Crippen molar-refractivity contribution in [3.05, 3.63) is 64.1 Å². The van der Waals surface area contributed by atoms with Crippen molar-refractivity contribution in [3.63, 3.8) is 0 Å². The van der Waals surface area contributed by atoms with Crippen molar-refractivity contribution in [2.24, 2.45) is 13.0 Å². The maximum absolute atomic E-state index is 13.3. The summed E-state index contributed by atoms with van der Waals surface area (Å²) in [6.45, 7) is 3.91. The summed E-state index contributed by atoms with van der Waals surface area (Å²) in [5, 5.41) is 11.3. The molecule has 1 saturated heterocycles. The van der Waals surface area contributed by atoms with Gasteiger partial charge in [-0.3, -0.25) is 24.0 Å². The van der Waals surface area contributed by atoms with Crippen LogP contribution in [0.5, 0.6) is 5.75 Å². The van der Waals surface area contributed by atoms with Gasteiger partial charge in [0.1, 0.15) is 18.9 Å². The number of benzene rings is 1. The van der Waals surface area contributed by atoms with E-state index in [1.54, 1.807) is 20.7 Å². The average molecular weight is 537 g/mol. The Morgan fingerprint density at radius 2 is 1.90 bits per heavy atom. The number of aromatic nitrogens is 5. The Morgan fingerprint density at radius 3 is 2.64 bits per heavy atom. The molecular formula is C26H32N8O5. The summed E-state index contributed by atoms with van der Waals surface area (Å²) in [6, 6.07) is 9.37. The van der Waals surface area contributed by atoms with Crippen LogP contribution in [0.2, 0.25) is 0 Å². The lowest BCUT2D eigenvalue weighted by Crippen LogP contribution is -2.40. The number of nitrogens with zero attached hydrogens (tertiary/aromatic N) is 6. The van der Waals surface area contributed by atoms with Crippen molar-refractivity contribution in [3.8, 4) is 5.75 Å². The van der Waals surface area contributed by atoms with Crippen LogP contribution < -0.4 is 15.7 Å². The third-order valence-corrected chi connectivity index (χ3v) is 7.16. The second-order valence-corrected chi connectivity index (χ2v) is 9.93. The highest BCUT2D eigenvalue weighted by Gasteiger charge is 2.40. The third kappa shape index (κ3) is 5.86. The maximum Gasteiger partial charge on any atom is 0.343 e. The summed E-state index contributed by atoms with van der Waals surface area (Å²) in [6.07, 6.45) is 2.27. The van der Waals surface area contributed by atoms with Gasteiger partial charge in [0.05, 0.1) is 18.2 Å². The Kier molecular flexibility index (Phi) is 7.48. The van der Waals surface area contributed by atoms with Gasteiger partial charge in [0, 0.05) is 45.3 Å². The molecule has 13 nitrogen and oxygen atoms in total. The summed E-state index contributed by atoms with van der Waals surface area (Å²) in [5.41, 5.74) is 1.27. The number of nitrogens with one attached hydrogen (secondary N) is 2. The van der Waals surface area contributed by atoms with E-state index in [2.05, 4.69) is 20.5 Å². The first-order chi connectivity index (χ1) is 18.8. The Labute approximate surface area is 224 Å². The number of aryl methyl sites for hydroxylation is 2. The third-order valence-electron chi connectivity index (χ3n) is 7.16. The number of fused-ring (bicyclic) bond motifs is 4. The van der Waals surface area contributed by atoms with E-state index in [-0.39, 0.29) is 43.3 Å². The van der Waals surface area contributed by atoms with E-state index in [9.17, 15) is 19.2 Å². The SMILES string of the molecule is Cc1ccn(CC(=O)N2C[C@@H]3C(=O)NCCCN(C(=O)c4nn(C)c(=O)[nH]4)CCOc4cccc(c4)[C@H]3C2)n1. The minimum atomic E-state index is -0.473. The highest BCUT2D eigenvalue weighted by molar-refractivity contribution is 5.90. The lowest BCUT2D eigenvalue weighted by Gasteiger charge is -2.24.